The van der Waals surface area contributed by atoms with Crippen LogP contribution >= 0.6 is 0 Å². The van der Waals surface area contributed by atoms with Gasteiger partial charge < -0.3 is 15.7 Å². The molecule has 0 spiro atoms. The summed E-state index contributed by atoms with van der Waals surface area (Å²) in [7, 11) is 0. The van der Waals surface area contributed by atoms with E-state index in [2.05, 4.69) is 0 Å². The van der Waals surface area contributed by atoms with E-state index in [0.29, 0.717) is 5.56 Å². The normalized spacial score (nSPS) is 31.3. The zero-order valence-electron chi connectivity index (χ0n) is 10.9. The van der Waals surface area contributed by atoms with Gasteiger partial charge in [-0.25, -0.2) is 0 Å². The van der Waals surface area contributed by atoms with Crippen LogP contribution in [-0.2, 0) is 4.79 Å². The number of amides is 1. The van der Waals surface area contributed by atoms with E-state index in [1.807, 2.05) is 23.1 Å². The molecule has 3 atom stereocenters. The molecule has 3 rings (SSSR count). The first-order valence-electron chi connectivity index (χ1n) is 6.97. The number of benzene rings is 1. The second kappa shape index (κ2) is 4.94. The number of aliphatic hydroxyl groups excluding tert-OH is 1. The van der Waals surface area contributed by atoms with Gasteiger partial charge in [-0.1, -0.05) is 30.3 Å². The van der Waals surface area contributed by atoms with Crippen LogP contribution in [0.1, 0.15) is 37.4 Å². The van der Waals surface area contributed by atoms with E-state index < -0.39 is 6.10 Å². The van der Waals surface area contributed by atoms with E-state index in [9.17, 15) is 9.90 Å². The first kappa shape index (κ1) is 12.6. The van der Waals surface area contributed by atoms with Crippen LogP contribution in [0.25, 0.3) is 0 Å². The molecular formula is C15H20N2O2. The molecule has 1 aromatic carbocycles. The number of nitrogens with two attached hydrogens (primary N) is 1. The maximum atomic E-state index is 12.5. The maximum absolute atomic E-state index is 12.5. The predicted molar refractivity (Wildman–Crippen MR) is 72.3 cm³/mol. The van der Waals surface area contributed by atoms with Crippen LogP contribution in [-0.4, -0.2) is 34.0 Å². The van der Waals surface area contributed by atoms with Gasteiger partial charge in [-0.15, -0.1) is 0 Å². The van der Waals surface area contributed by atoms with E-state index in [-0.39, 0.29) is 24.0 Å². The Bertz CT molecular complexity index is 448. The lowest BCUT2D eigenvalue weighted by atomic mass is 9.96. The zero-order valence-corrected chi connectivity index (χ0v) is 10.9. The third kappa shape index (κ3) is 2.26. The summed E-state index contributed by atoms with van der Waals surface area (Å²) in [6.45, 7) is 0. The summed E-state index contributed by atoms with van der Waals surface area (Å²) < 4.78 is 0. The number of fused-ring (bicyclic) bond motifs is 2. The molecule has 1 amide bonds. The summed E-state index contributed by atoms with van der Waals surface area (Å²) in [6.07, 6.45) is 2.73. The van der Waals surface area contributed by atoms with Gasteiger partial charge in [0, 0.05) is 18.1 Å². The van der Waals surface area contributed by atoms with Gasteiger partial charge in [0.2, 0.25) is 0 Å². The molecule has 0 aliphatic carbocycles. The molecule has 4 nitrogen and oxygen atoms in total. The maximum Gasteiger partial charge on any atom is 0.256 e. The first-order chi connectivity index (χ1) is 9.16. The quantitative estimate of drug-likeness (QED) is 0.839. The van der Waals surface area contributed by atoms with Gasteiger partial charge in [-0.3, -0.25) is 4.79 Å². The number of carbonyl (C=O) groups excluding carboxylic acids is 1. The van der Waals surface area contributed by atoms with E-state index in [0.717, 1.165) is 25.7 Å². The second-order valence-electron chi connectivity index (χ2n) is 5.68. The summed E-state index contributed by atoms with van der Waals surface area (Å²) in [6, 6.07) is 9.79. The van der Waals surface area contributed by atoms with Crippen LogP contribution in [0.4, 0.5) is 0 Å². The Morgan fingerprint density at radius 2 is 1.79 bits per heavy atom. The van der Waals surface area contributed by atoms with Crippen molar-refractivity contribution in [3.05, 3.63) is 35.9 Å². The van der Waals surface area contributed by atoms with Crippen LogP contribution < -0.4 is 5.73 Å². The number of nitrogens with zero attached hydrogens (tertiary/aromatic N) is 1. The minimum atomic E-state index is -1.04. The van der Waals surface area contributed by atoms with E-state index in [1.54, 1.807) is 12.1 Å². The molecule has 2 heterocycles. The SMILES string of the molecule is NC1CC2CCC(C1)N2C(=O)C(O)c1ccccc1. The van der Waals surface area contributed by atoms with Gasteiger partial charge in [0.05, 0.1) is 0 Å². The Morgan fingerprint density at radius 1 is 1.21 bits per heavy atom. The van der Waals surface area contributed by atoms with Crippen molar-refractivity contribution in [2.75, 3.05) is 0 Å². The lowest BCUT2D eigenvalue weighted by molar-refractivity contribution is -0.145. The number of hydrogen-bond donors (Lipinski definition) is 2. The minimum absolute atomic E-state index is 0.161. The molecule has 102 valence electrons. The second-order valence-corrected chi connectivity index (χ2v) is 5.68. The molecule has 2 saturated heterocycles. The fraction of sp³-hybridized carbons (Fsp3) is 0.533. The standard InChI is InChI=1S/C15H20N2O2/c16-11-8-12-6-7-13(9-11)17(12)15(19)14(18)10-4-2-1-3-5-10/h1-5,11-14,18H,6-9,16H2. The van der Waals surface area contributed by atoms with E-state index in [1.165, 1.54) is 0 Å². The number of rotatable bonds is 2. The highest BCUT2D eigenvalue weighted by atomic mass is 16.3. The summed E-state index contributed by atoms with van der Waals surface area (Å²) in [5.41, 5.74) is 6.67. The minimum Gasteiger partial charge on any atom is -0.378 e. The lowest BCUT2D eigenvalue weighted by Gasteiger charge is -2.38. The van der Waals surface area contributed by atoms with Crippen LogP contribution in [0.5, 0.6) is 0 Å². The van der Waals surface area contributed by atoms with Gasteiger partial charge in [0.25, 0.3) is 5.91 Å². The molecule has 2 fully saturated rings. The highest BCUT2D eigenvalue weighted by Gasteiger charge is 2.43. The summed E-state index contributed by atoms with van der Waals surface area (Å²) in [4.78, 5) is 14.4. The van der Waals surface area contributed by atoms with E-state index >= 15 is 0 Å². The topological polar surface area (TPSA) is 66.6 Å². The van der Waals surface area contributed by atoms with Crippen molar-refractivity contribution in [1.29, 1.82) is 0 Å². The largest absolute Gasteiger partial charge is 0.378 e. The number of piperidine rings is 1. The monoisotopic (exact) mass is 260 g/mol. The summed E-state index contributed by atoms with van der Waals surface area (Å²) in [5, 5.41) is 10.2. The molecule has 1 aromatic rings. The highest BCUT2D eigenvalue weighted by molar-refractivity contribution is 5.83. The van der Waals surface area contributed by atoms with Crippen LogP contribution in [0, 0.1) is 0 Å². The van der Waals surface area contributed by atoms with Crippen molar-refractivity contribution in [1.82, 2.24) is 4.90 Å². The van der Waals surface area contributed by atoms with Crippen molar-refractivity contribution < 1.29 is 9.90 Å². The predicted octanol–water partition coefficient (Wildman–Crippen LogP) is 1.20. The van der Waals surface area contributed by atoms with Crippen LogP contribution in [0.15, 0.2) is 30.3 Å². The fourth-order valence-electron chi connectivity index (χ4n) is 3.50. The van der Waals surface area contributed by atoms with Crippen molar-refractivity contribution in [3.8, 4) is 0 Å². The van der Waals surface area contributed by atoms with Crippen LogP contribution in [0.3, 0.4) is 0 Å². The average molecular weight is 260 g/mol. The van der Waals surface area contributed by atoms with Gasteiger partial charge in [-0.05, 0) is 31.2 Å². The lowest BCUT2D eigenvalue weighted by Crippen LogP contribution is -2.51. The summed E-state index contributed by atoms with van der Waals surface area (Å²) >= 11 is 0. The highest BCUT2D eigenvalue weighted by Crippen LogP contribution is 2.36. The smallest absolute Gasteiger partial charge is 0.256 e. The zero-order chi connectivity index (χ0) is 13.4. The van der Waals surface area contributed by atoms with Crippen molar-refractivity contribution >= 4 is 5.91 Å². The number of aliphatic hydroxyl groups is 1. The molecule has 0 saturated carbocycles. The Morgan fingerprint density at radius 3 is 2.37 bits per heavy atom. The fourth-order valence-corrected chi connectivity index (χ4v) is 3.50. The van der Waals surface area contributed by atoms with Gasteiger partial charge in [-0.2, -0.15) is 0 Å². The first-order valence-corrected chi connectivity index (χ1v) is 6.97. The van der Waals surface area contributed by atoms with Crippen molar-refractivity contribution in [2.45, 2.75) is 49.9 Å². The van der Waals surface area contributed by atoms with Gasteiger partial charge in [0.1, 0.15) is 0 Å². The van der Waals surface area contributed by atoms with Crippen LogP contribution in [0.2, 0.25) is 0 Å². The van der Waals surface area contributed by atoms with E-state index in [4.69, 9.17) is 5.73 Å². The Kier molecular flexibility index (Phi) is 3.29. The molecule has 0 radical (unpaired) electrons. The molecular weight excluding hydrogens is 240 g/mol. The van der Waals surface area contributed by atoms with Crippen molar-refractivity contribution in [3.63, 3.8) is 0 Å². The molecule has 2 aliphatic rings. The third-order valence-corrected chi connectivity index (χ3v) is 4.37. The molecule has 3 N–H and O–H groups in total. The number of hydrogen-bond acceptors (Lipinski definition) is 3. The molecule has 19 heavy (non-hydrogen) atoms. The third-order valence-electron chi connectivity index (χ3n) is 4.37. The summed E-state index contributed by atoms with van der Waals surface area (Å²) in [5.74, 6) is -0.161. The molecule has 4 heteroatoms. The average Bonchev–Trinajstić information content (AvgIpc) is 2.70. The Balaban J connectivity index is 1.78. The molecule has 0 aromatic heterocycles. The Labute approximate surface area is 113 Å². The molecule has 2 bridgehead atoms. The Hall–Kier alpha value is -1.39. The van der Waals surface area contributed by atoms with Crippen molar-refractivity contribution in [2.24, 2.45) is 5.73 Å². The molecule has 3 unspecified atom stereocenters. The molecule has 2 aliphatic heterocycles. The number of carbonyl (C=O) groups is 1. The van der Waals surface area contributed by atoms with Gasteiger partial charge in [0.15, 0.2) is 6.10 Å². The van der Waals surface area contributed by atoms with Gasteiger partial charge >= 0.3 is 0 Å².